The van der Waals surface area contributed by atoms with Gasteiger partial charge in [-0.25, -0.2) is 13.2 Å². The van der Waals surface area contributed by atoms with Gasteiger partial charge < -0.3 is 14.4 Å². The first-order chi connectivity index (χ1) is 17.9. The quantitative estimate of drug-likeness (QED) is 0.538. The summed E-state index contributed by atoms with van der Waals surface area (Å²) < 4.78 is 38.7. The summed E-state index contributed by atoms with van der Waals surface area (Å²) in [7, 11) is -3.82. The van der Waals surface area contributed by atoms with Gasteiger partial charge in [0.25, 0.3) is 11.8 Å². The molecular weight excluding hydrogens is 512 g/mol. The van der Waals surface area contributed by atoms with Gasteiger partial charge in [-0.2, -0.15) is 4.31 Å². The van der Waals surface area contributed by atoms with E-state index in [2.05, 4.69) is 4.98 Å². The zero-order chi connectivity index (χ0) is 27.4. The lowest BCUT2D eigenvalue weighted by atomic mass is 10.0. The van der Waals surface area contributed by atoms with Gasteiger partial charge in [0.2, 0.25) is 10.0 Å². The number of hydrogen-bond acceptors (Lipinski definition) is 8. The Balaban J connectivity index is 1.48. The van der Waals surface area contributed by atoms with Gasteiger partial charge in [-0.15, -0.1) is 0 Å². The van der Waals surface area contributed by atoms with Crippen LogP contribution in [0.15, 0.2) is 23.1 Å². The molecule has 0 spiro atoms. The van der Waals surface area contributed by atoms with Gasteiger partial charge in [0, 0.05) is 31.6 Å². The second-order valence-electron chi connectivity index (χ2n) is 10.8. The Morgan fingerprint density at radius 2 is 1.79 bits per heavy atom. The number of aryl methyl sites for hydroxylation is 1. The van der Waals surface area contributed by atoms with Crippen molar-refractivity contribution in [2.45, 2.75) is 57.1 Å². The molecule has 204 valence electrons. The van der Waals surface area contributed by atoms with E-state index in [0.717, 1.165) is 11.3 Å². The molecule has 0 unspecified atom stereocenters. The highest BCUT2D eigenvalue weighted by molar-refractivity contribution is 7.89. The largest absolute Gasteiger partial charge is 0.444 e. The average Bonchev–Trinajstić information content (AvgIpc) is 3.42. The number of amides is 3. The van der Waals surface area contributed by atoms with Gasteiger partial charge in [0.05, 0.1) is 46.5 Å². The number of hydrogen-bond donors (Lipinski definition) is 0. The van der Waals surface area contributed by atoms with Crippen molar-refractivity contribution in [3.05, 3.63) is 35.0 Å². The predicted octanol–water partition coefficient (Wildman–Crippen LogP) is 2.56. The lowest BCUT2D eigenvalue weighted by molar-refractivity contribution is 0.0191. The monoisotopic (exact) mass is 544 g/mol. The molecular formula is C26H32N4O7S. The molecule has 2 saturated heterocycles. The molecule has 3 amide bonds. The van der Waals surface area contributed by atoms with Crippen LogP contribution in [0.3, 0.4) is 0 Å². The molecule has 1 aromatic carbocycles. The highest BCUT2D eigenvalue weighted by atomic mass is 32.2. The summed E-state index contributed by atoms with van der Waals surface area (Å²) in [6, 6.07) is 4.10. The third-order valence-corrected chi connectivity index (χ3v) is 8.96. The summed E-state index contributed by atoms with van der Waals surface area (Å²) in [6.45, 7) is 8.63. The molecule has 4 heterocycles. The molecule has 3 aliphatic heterocycles. The van der Waals surface area contributed by atoms with Crippen molar-refractivity contribution in [3.63, 3.8) is 0 Å². The van der Waals surface area contributed by atoms with Crippen molar-refractivity contribution in [2.24, 2.45) is 0 Å². The van der Waals surface area contributed by atoms with Gasteiger partial charge in [-0.1, -0.05) is 0 Å². The van der Waals surface area contributed by atoms with E-state index in [-0.39, 0.29) is 41.7 Å². The maximum atomic E-state index is 13.7. The van der Waals surface area contributed by atoms with E-state index in [1.54, 1.807) is 38.7 Å². The molecule has 2 aromatic rings. The van der Waals surface area contributed by atoms with E-state index in [0.29, 0.717) is 42.8 Å². The lowest BCUT2D eigenvalue weighted by Crippen LogP contribution is -2.46. The number of aromatic nitrogens is 1. The predicted molar refractivity (Wildman–Crippen MR) is 137 cm³/mol. The Kier molecular flexibility index (Phi) is 6.69. The molecule has 2 fully saturated rings. The molecule has 0 saturated carbocycles. The van der Waals surface area contributed by atoms with E-state index in [1.165, 1.54) is 16.4 Å². The number of pyridine rings is 1. The number of morpholine rings is 1. The lowest BCUT2D eigenvalue weighted by Gasteiger charge is -2.30. The molecule has 0 N–H and O–H groups in total. The number of benzene rings is 1. The van der Waals surface area contributed by atoms with Crippen LogP contribution in [-0.2, 0) is 19.5 Å². The van der Waals surface area contributed by atoms with E-state index in [9.17, 15) is 22.8 Å². The normalized spacial score (nSPS) is 20.9. The fourth-order valence-electron chi connectivity index (χ4n) is 5.27. The molecule has 12 heteroatoms. The molecule has 5 rings (SSSR count). The molecule has 0 bridgehead atoms. The van der Waals surface area contributed by atoms with E-state index < -0.39 is 33.5 Å². The Hall–Kier alpha value is -3.09. The van der Waals surface area contributed by atoms with Crippen molar-refractivity contribution in [1.82, 2.24) is 19.1 Å². The molecule has 38 heavy (non-hydrogen) atoms. The molecule has 11 nitrogen and oxygen atoms in total. The minimum Gasteiger partial charge on any atom is -0.444 e. The highest BCUT2D eigenvalue weighted by Gasteiger charge is 2.43. The van der Waals surface area contributed by atoms with Crippen LogP contribution in [0.2, 0.25) is 0 Å². The fraction of sp³-hybridized carbons (Fsp3) is 0.538. The summed E-state index contributed by atoms with van der Waals surface area (Å²) in [4.78, 5) is 47.2. The number of nitrogens with zero attached hydrogens (tertiary/aromatic N) is 4. The first-order valence-corrected chi connectivity index (χ1v) is 14.2. The van der Waals surface area contributed by atoms with Gasteiger partial charge in [0.1, 0.15) is 5.60 Å². The number of rotatable bonds is 4. The third-order valence-electron chi connectivity index (χ3n) is 7.06. The summed E-state index contributed by atoms with van der Waals surface area (Å²) >= 11 is 0. The van der Waals surface area contributed by atoms with Gasteiger partial charge in [-0.05, 0) is 58.7 Å². The number of ether oxygens (including phenoxy) is 2. The van der Waals surface area contributed by atoms with Crippen molar-refractivity contribution >= 4 is 38.8 Å². The maximum absolute atomic E-state index is 13.7. The molecule has 1 atom stereocenters. The van der Waals surface area contributed by atoms with Crippen LogP contribution in [0, 0.1) is 6.92 Å². The maximum Gasteiger partial charge on any atom is 0.410 e. The van der Waals surface area contributed by atoms with Gasteiger partial charge in [0.15, 0.2) is 0 Å². The summed E-state index contributed by atoms with van der Waals surface area (Å²) in [6.07, 6.45) is 0.893. The Labute approximate surface area is 221 Å². The Bertz CT molecular complexity index is 1430. The smallest absolute Gasteiger partial charge is 0.410 e. The zero-order valence-electron chi connectivity index (χ0n) is 22.0. The van der Waals surface area contributed by atoms with Crippen LogP contribution in [0.25, 0.3) is 10.9 Å². The number of carbonyl (C=O) groups excluding carboxylic acids is 3. The van der Waals surface area contributed by atoms with Crippen LogP contribution in [0.5, 0.6) is 0 Å². The molecule has 3 aliphatic rings. The minimum absolute atomic E-state index is 0.0261. The second-order valence-corrected chi connectivity index (χ2v) is 12.8. The van der Waals surface area contributed by atoms with Crippen molar-refractivity contribution in [2.75, 3.05) is 39.4 Å². The molecule has 0 radical (unpaired) electrons. The molecule has 0 aliphatic carbocycles. The number of imide groups is 1. The number of likely N-dealkylation sites (tertiary alicyclic amines) is 1. The van der Waals surface area contributed by atoms with Crippen molar-refractivity contribution in [1.29, 1.82) is 0 Å². The second kappa shape index (κ2) is 9.58. The van der Waals surface area contributed by atoms with Crippen molar-refractivity contribution in [3.8, 4) is 0 Å². The highest BCUT2D eigenvalue weighted by Crippen LogP contribution is 2.34. The number of fused-ring (bicyclic) bond motifs is 3. The Morgan fingerprint density at radius 3 is 2.47 bits per heavy atom. The van der Waals surface area contributed by atoms with Crippen LogP contribution in [-0.4, -0.2) is 96.5 Å². The number of sulfonamides is 1. The Morgan fingerprint density at radius 1 is 1.11 bits per heavy atom. The number of carbonyl (C=O) groups is 3. The first kappa shape index (κ1) is 26.5. The third kappa shape index (κ3) is 4.65. The zero-order valence-corrected chi connectivity index (χ0v) is 22.8. The van der Waals surface area contributed by atoms with E-state index in [1.807, 2.05) is 0 Å². The summed E-state index contributed by atoms with van der Waals surface area (Å²) in [5.41, 5.74) is 0.485. The topological polar surface area (TPSA) is 126 Å². The standard InChI is InChI=1S/C26H32N4O7S/c1-16-21-22(19-14-18(7-8-20(19)27-16)38(34,35)28-10-12-36-13-11-28)24(32)30(23(21)31)15-17-6-5-9-29(17)25(33)37-26(2,3)4/h7-8,14,17H,5-6,9-13,15H2,1-4H3/t17-/m0/s1. The molecule has 1 aromatic heterocycles. The van der Waals surface area contributed by atoms with Crippen LogP contribution in [0.1, 0.15) is 60.0 Å². The first-order valence-electron chi connectivity index (χ1n) is 12.8. The fourth-order valence-corrected chi connectivity index (χ4v) is 6.71. The van der Waals surface area contributed by atoms with E-state index >= 15 is 0 Å². The van der Waals surface area contributed by atoms with Crippen LogP contribution < -0.4 is 0 Å². The van der Waals surface area contributed by atoms with E-state index in [4.69, 9.17) is 9.47 Å². The average molecular weight is 545 g/mol. The summed E-state index contributed by atoms with van der Waals surface area (Å²) in [5.74, 6) is -1.01. The SMILES string of the molecule is Cc1nc2ccc(S(=O)(=O)N3CCOCC3)cc2c2c1C(=O)N(C[C@@H]1CCCN1C(=O)OC(C)(C)C)C2=O. The van der Waals surface area contributed by atoms with Gasteiger partial charge >= 0.3 is 6.09 Å². The summed E-state index contributed by atoms with van der Waals surface area (Å²) in [5, 5.41) is 0.316. The van der Waals surface area contributed by atoms with Crippen LogP contribution >= 0.6 is 0 Å². The van der Waals surface area contributed by atoms with Gasteiger partial charge in [-0.3, -0.25) is 19.5 Å². The minimum atomic E-state index is -3.82. The van der Waals surface area contributed by atoms with Crippen molar-refractivity contribution < 1.29 is 32.3 Å². The van der Waals surface area contributed by atoms with Crippen LogP contribution in [0.4, 0.5) is 4.79 Å².